The Kier molecular flexibility index (Phi) is 6.02. The van der Waals surface area contributed by atoms with Gasteiger partial charge in [0.2, 0.25) is 0 Å². The van der Waals surface area contributed by atoms with Gasteiger partial charge >= 0.3 is 0 Å². The summed E-state index contributed by atoms with van der Waals surface area (Å²) in [6.45, 7) is 5.95. The fourth-order valence-corrected chi connectivity index (χ4v) is 7.28. The molecule has 172 valence electrons. The summed E-state index contributed by atoms with van der Waals surface area (Å²) in [6, 6.07) is 12.6. The molecule has 0 radical (unpaired) electrons. The van der Waals surface area contributed by atoms with Crippen LogP contribution >= 0.6 is 15.9 Å². The largest absolute Gasteiger partial charge is 0.490 e. The minimum Gasteiger partial charge on any atom is -0.490 e. The third-order valence-electron chi connectivity index (χ3n) is 7.57. The summed E-state index contributed by atoms with van der Waals surface area (Å²) in [6.07, 6.45) is 6.59. The molecule has 2 unspecified atom stereocenters. The van der Waals surface area contributed by atoms with Crippen LogP contribution in [0.1, 0.15) is 62.1 Å². The van der Waals surface area contributed by atoms with Gasteiger partial charge in [-0.25, -0.2) is 0 Å². The highest BCUT2D eigenvalue weighted by Gasteiger charge is 2.56. The van der Waals surface area contributed by atoms with Crippen LogP contribution in [0, 0.1) is 18.8 Å². The number of ether oxygens (including phenoxy) is 2. The molecule has 2 atom stereocenters. The van der Waals surface area contributed by atoms with E-state index in [1.54, 1.807) is 0 Å². The molecule has 32 heavy (non-hydrogen) atoms. The molecule has 0 spiro atoms. The van der Waals surface area contributed by atoms with Crippen LogP contribution in [0.2, 0.25) is 0 Å². The molecule has 4 fully saturated rings. The standard InChI is InChI=1S/C27H34BrNO3/c1-3-31-24-10-20(9-23(28)25(24)32-16-19-6-4-18(2)5-7-19)15-29-26-11-21-8-22(12-26)14-27(30,13-21)17-26/h4-7,9-10,21-22,29-30H,3,8,11-17H2,1-2H3. The number of hydrogen-bond acceptors (Lipinski definition) is 4. The van der Waals surface area contributed by atoms with Crippen LogP contribution in [0.3, 0.4) is 0 Å². The molecule has 5 heteroatoms. The Morgan fingerprint density at radius 3 is 2.41 bits per heavy atom. The van der Waals surface area contributed by atoms with E-state index in [9.17, 15) is 5.11 Å². The summed E-state index contributed by atoms with van der Waals surface area (Å²) in [5.41, 5.74) is 3.19. The van der Waals surface area contributed by atoms with Crippen LogP contribution in [0.15, 0.2) is 40.9 Å². The Bertz CT molecular complexity index is 960. The first-order chi connectivity index (χ1) is 15.4. The number of benzene rings is 2. The fraction of sp³-hybridized carbons (Fsp3) is 0.556. The third kappa shape index (κ3) is 4.57. The Morgan fingerprint density at radius 2 is 1.75 bits per heavy atom. The zero-order valence-electron chi connectivity index (χ0n) is 19.1. The molecule has 4 aliphatic rings. The van der Waals surface area contributed by atoms with Gasteiger partial charge in [-0.2, -0.15) is 0 Å². The predicted octanol–water partition coefficient (Wildman–Crippen LogP) is 5.91. The molecule has 4 saturated carbocycles. The molecule has 0 aromatic heterocycles. The summed E-state index contributed by atoms with van der Waals surface area (Å²) in [5.74, 6) is 2.88. The van der Waals surface area contributed by atoms with Gasteiger partial charge in [0.25, 0.3) is 0 Å². The van der Waals surface area contributed by atoms with E-state index in [1.807, 2.05) is 6.92 Å². The Hall–Kier alpha value is -1.56. The van der Waals surface area contributed by atoms with Crippen LogP contribution in [0.4, 0.5) is 0 Å². The molecular weight excluding hydrogens is 466 g/mol. The maximum Gasteiger partial charge on any atom is 0.175 e. The van der Waals surface area contributed by atoms with E-state index in [1.165, 1.54) is 30.4 Å². The van der Waals surface area contributed by atoms with Crippen LogP contribution in [0.25, 0.3) is 0 Å². The number of nitrogens with one attached hydrogen (secondary N) is 1. The van der Waals surface area contributed by atoms with Crippen molar-refractivity contribution in [3.05, 3.63) is 57.6 Å². The van der Waals surface area contributed by atoms with Crippen molar-refractivity contribution >= 4 is 15.9 Å². The second kappa shape index (κ2) is 8.66. The summed E-state index contributed by atoms with van der Waals surface area (Å²) >= 11 is 3.72. The molecule has 2 aromatic carbocycles. The Morgan fingerprint density at radius 1 is 1.03 bits per heavy atom. The van der Waals surface area contributed by atoms with Gasteiger partial charge in [0.1, 0.15) is 6.61 Å². The topological polar surface area (TPSA) is 50.7 Å². The molecule has 2 N–H and O–H groups in total. The van der Waals surface area contributed by atoms with Gasteiger partial charge in [-0.3, -0.25) is 0 Å². The fourth-order valence-electron chi connectivity index (χ4n) is 6.68. The molecule has 0 saturated heterocycles. The normalized spacial score (nSPS) is 30.5. The van der Waals surface area contributed by atoms with Crippen molar-refractivity contribution in [3.63, 3.8) is 0 Å². The van der Waals surface area contributed by atoms with Crippen LogP contribution < -0.4 is 14.8 Å². The molecule has 6 rings (SSSR count). The zero-order valence-corrected chi connectivity index (χ0v) is 20.7. The summed E-state index contributed by atoms with van der Waals surface area (Å²) in [4.78, 5) is 0. The van der Waals surface area contributed by atoms with E-state index in [0.717, 1.165) is 47.3 Å². The number of aliphatic hydroxyl groups is 1. The first-order valence-corrected chi connectivity index (χ1v) is 12.8. The van der Waals surface area contributed by atoms with E-state index in [0.29, 0.717) is 25.0 Å². The zero-order chi connectivity index (χ0) is 22.3. The van der Waals surface area contributed by atoms with Crippen molar-refractivity contribution in [2.45, 2.75) is 76.7 Å². The highest BCUT2D eigenvalue weighted by molar-refractivity contribution is 9.10. The number of rotatable bonds is 8. The second-order valence-electron chi connectivity index (χ2n) is 10.4. The lowest BCUT2D eigenvalue weighted by atomic mass is 9.51. The third-order valence-corrected chi connectivity index (χ3v) is 8.16. The molecule has 2 aromatic rings. The van der Waals surface area contributed by atoms with E-state index < -0.39 is 5.60 Å². The van der Waals surface area contributed by atoms with Gasteiger partial charge in [0, 0.05) is 12.1 Å². The van der Waals surface area contributed by atoms with Crippen LogP contribution in [-0.2, 0) is 13.2 Å². The lowest BCUT2D eigenvalue weighted by molar-refractivity contribution is -0.142. The number of hydrogen-bond donors (Lipinski definition) is 2. The molecular formula is C27H34BrNO3. The molecule has 4 aliphatic carbocycles. The van der Waals surface area contributed by atoms with Gasteiger partial charge in [0.05, 0.1) is 16.7 Å². The lowest BCUT2D eigenvalue weighted by Gasteiger charge is -2.60. The van der Waals surface area contributed by atoms with Crippen molar-refractivity contribution < 1.29 is 14.6 Å². The average molecular weight is 500 g/mol. The van der Waals surface area contributed by atoms with E-state index in [-0.39, 0.29) is 5.54 Å². The van der Waals surface area contributed by atoms with Gasteiger partial charge in [-0.1, -0.05) is 29.8 Å². The van der Waals surface area contributed by atoms with Crippen molar-refractivity contribution in [2.24, 2.45) is 11.8 Å². The molecule has 0 heterocycles. The van der Waals surface area contributed by atoms with Gasteiger partial charge in [-0.15, -0.1) is 0 Å². The molecule has 4 bridgehead atoms. The van der Waals surface area contributed by atoms with Gasteiger partial charge < -0.3 is 19.9 Å². The quantitative estimate of drug-likeness (QED) is 0.473. The monoisotopic (exact) mass is 499 g/mol. The minimum atomic E-state index is -0.443. The lowest BCUT2D eigenvalue weighted by Crippen LogP contribution is -2.64. The second-order valence-corrected chi connectivity index (χ2v) is 11.3. The molecule has 4 nitrogen and oxygen atoms in total. The van der Waals surface area contributed by atoms with Gasteiger partial charge in [0.15, 0.2) is 11.5 Å². The van der Waals surface area contributed by atoms with E-state index in [4.69, 9.17) is 9.47 Å². The average Bonchev–Trinajstić information content (AvgIpc) is 2.71. The van der Waals surface area contributed by atoms with E-state index in [2.05, 4.69) is 64.6 Å². The highest BCUT2D eigenvalue weighted by atomic mass is 79.9. The summed E-state index contributed by atoms with van der Waals surface area (Å²) in [7, 11) is 0. The Balaban J connectivity index is 1.30. The maximum absolute atomic E-state index is 11.0. The maximum atomic E-state index is 11.0. The first-order valence-electron chi connectivity index (χ1n) is 12.0. The van der Waals surface area contributed by atoms with Crippen molar-refractivity contribution in [2.75, 3.05) is 6.61 Å². The number of aryl methyl sites for hydroxylation is 1. The SMILES string of the molecule is CCOc1cc(CNC23CC4CC(CC(O)(C4)C2)C3)cc(Br)c1OCc1ccc(C)cc1. The van der Waals surface area contributed by atoms with Gasteiger partial charge in [-0.05, 0) is 103 Å². The van der Waals surface area contributed by atoms with Crippen molar-refractivity contribution in [1.82, 2.24) is 5.32 Å². The smallest absolute Gasteiger partial charge is 0.175 e. The Labute approximate surface area is 199 Å². The minimum absolute atomic E-state index is 0.0810. The summed E-state index contributed by atoms with van der Waals surface area (Å²) in [5, 5.41) is 14.9. The number of halogens is 1. The molecule has 0 aliphatic heterocycles. The van der Waals surface area contributed by atoms with Crippen LogP contribution in [-0.4, -0.2) is 22.9 Å². The first kappa shape index (κ1) is 22.2. The molecule has 0 amide bonds. The summed E-state index contributed by atoms with van der Waals surface area (Å²) < 4.78 is 13.0. The van der Waals surface area contributed by atoms with Crippen LogP contribution in [0.5, 0.6) is 11.5 Å². The van der Waals surface area contributed by atoms with E-state index >= 15 is 0 Å². The predicted molar refractivity (Wildman–Crippen MR) is 130 cm³/mol. The van der Waals surface area contributed by atoms with Crippen molar-refractivity contribution in [3.8, 4) is 11.5 Å². The highest BCUT2D eigenvalue weighted by Crippen LogP contribution is 2.57. The van der Waals surface area contributed by atoms with Crippen molar-refractivity contribution in [1.29, 1.82) is 0 Å².